The van der Waals surface area contributed by atoms with Gasteiger partial charge in [0.1, 0.15) is 5.25 Å². The van der Waals surface area contributed by atoms with Gasteiger partial charge in [-0.15, -0.1) is 0 Å². The van der Waals surface area contributed by atoms with Crippen LogP contribution in [0.15, 0.2) is 65.1 Å². The van der Waals surface area contributed by atoms with E-state index in [0.29, 0.717) is 10.5 Å². The van der Waals surface area contributed by atoms with Crippen LogP contribution >= 0.6 is 0 Å². The van der Waals surface area contributed by atoms with Crippen molar-refractivity contribution < 1.29 is 13.8 Å². The molecule has 1 aliphatic carbocycles. The largest absolute Gasteiger partial charge is 0.294 e. The molecule has 3 atom stereocenters. The van der Waals surface area contributed by atoms with Crippen molar-refractivity contribution in [3.8, 4) is 0 Å². The van der Waals surface area contributed by atoms with Crippen LogP contribution in [0.2, 0.25) is 0 Å². The van der Waals surface area contributed by atoms with Crippen LogP contribution in [0.5, 0.6) is 0 Å². The smallest absolute Gasteiger partial charge is 0.172 e. The molecule has 3 nitrogen and oxygen atoms in total. The number of carbonyl (C=O) groups is 2. The van der Waals surface area contributed by atoms with Gasteiger partial charge in [0, 0.05) is 22.8 Å². The van der Waals surface area contributed by atoms with Crippen LogP contribution in [-0.2, 0) is 15.6 Å². The number of rotatable bonds is 5. The minimum atomic E-state index is -1.48. The van der Waals surface area contributed by atoms with Gasteiger partial charge in [-0.25, -0.2) is 0 Å². The van der Waals surface area contributed by atoms with Gasteiger partial charge >= 0.3 is 0 Å². The second kappa shape index (κ2) is 7.50. The fourth-order valence-corrected chi connectivity index (χ4v) is 4.84. The average Bonchev–Trinajstić information content (AvgIpc) is 2.89. The SMILES string of the molecule is CC1=CC(=O)C(S(=O)c2ccc(C)cc2)C1CC(=O)c1ccc(C)cc1. The number of benzene rings is 2. The topological polar surface area (TPSA) is 51.2 Å². The summed E-state index contributed by atoms with van der Waals surface area (Å²) < 4.78 is 13.0. The number of aryl methyl sites for hydroxylation is 2. The van der Waals surface area contributed by atoms with E-state index in [1.54, 1.807) is 30.3 Å². The maximum absolute atomic E-state index is 13.0. The van der Waals surface area contributed by atoms with Crippen LogP contribution in [-0.4, -0.2) is 21.0 Å². The summed E-state index contributed by atoms with van der Waals surface area (Å²) in [5.74, 6) is -0.495. The zero-order chi connectivity index (χ0) is 18.8. The van der Waals surface area contributed by atoms with E-state index in [2.05, 4.69) is 0 Å². The first-order valence-electron chi connectivity index (χ1n) is 8.66. The fourth-order valence-electron chi connectivity index (χ4n) is 3.25. The molecule has 0 bridgehead atoms. The van der Waals surface area contributed by atoms with Gasteiger partial charge < -0.3 is 0 Å². The van der Waals surface area contributed by atoms with E-state index in [4.69, 9.17) is 0 Å². The molecule has 3 rings (SSSR count). The molecule has 1 aliphatic rings. The summed E-state index contributed by atoms with van der Waals surface area (Å²) in [4.78, 5) is 25.8. The van der Waals surface area contributed by atoms with Crippen LogP contribution in [0.1, 0.15) is 34.8 Å². The molecule has 0 aromatic heterocycles. The Bertz CT molecular complexity index is 892. The van der Waals surface area contributed by atoms with E-state index in [1.807, 2.05) is 45.0 Å². The number of ketones is 2. The summed E-state index contributed by atoms with van der Waals surface area (Å²) in [6.07, 6.45) is 1.74. The quantitative estimate of drug-likeness (QED) is 0.745. The summed E-state index contributed by atoms with van der Waals surface area (Å²) >= 11 is 0. The van der Waals surface area contributed by atoms with Crippen molar-refractivity contribution in [3.05, 3.63) is 76.9 Å². The Morgan fingerprint density at radius 2 is 1.46 bits per heavy atom. The van der Waals surface area contributed by atoms with E-state index in [0.717, 1.165) is 16.7 Å². The molecule has 0 saturated heterocycles. The number of allylic oxidation sites excluding steroid dienone is 2. The van der Waals surface area contributed by atoms with Gasteiger partial charge in [-0.3, -0.25) is 13.8 Å². The van der Waals surface area contributed by atoms with E-state index >= 15 is 0 Å². The monoisotopic (exact) mass is 366 g/mol. The fraction of sp³-hybridized carbons (Fsp3) is 0.273. The zero-order valence-electron chi connectivity index (χ0n) is 15.2. The molecule has 0 fully saturated rings. The molecule has 3 unspecified atom stereocenters. The molecule has 4 heteroatoms. The Labute approximate surface area is 156 Å². The molecule has 0 N–H and O–H groups in total. The number of hydrogen-bond donors (Lipinski definition) is 0. The number of Topliss-reactive ketones (excluding diaryl/α,β-unsaturated/α-hetero) is 1. The van der Waals surface area contributed by atoms with Gasteiger partial charge in [-0.2, -0.15) is 0 Å². The molecule has 0 spiro atoms. The summed E-state index contributed by atoms with van der Waals surface area (Å²) in [5, 5.41) is -0.688. The molecule has 2 aromatic carbocycles. The first-order chi connectivity index (χ1) is 12.4. The Morgan fingerprint density at radius 3 is 2.04 bits per heavy atom. The number of hydrogen-bond acceptors (Lipinski definition) is 3. The maximum atomic E-state index is 13.0. The predicted molar refractivity (Wildman–Crippen MR) is 104 cm³/mol. The van der Waals surface area contributed by atoms with Crippen molar-refractivity contribution >= 4 is 22.4 Å². The predicted octanol–water partition coefficient (Wildman–Crippen LogP) is 4.20. The lowest BCUT2D eigenvalue weighted by molar-refractivity contribution is -0.114. The van der Waals surface area contributed by atoms with Gasteiger partial charge in [-0.05, 0) is 39.0 Å². The molecule has 26 heavy (non-hydrogen) atoms. The lowest BCUT2D eigenvalue weighted by atomic mass is 9.93. The van der Waals surface area contributed by atoms with Crippen LogP contribution in [0.25, 0.3) is 0 Å². The molecule has 0 heterocycles. The Morgan fingerprint density at radius 1 is 0.923 bits per heavy atom. The first kappa shape index (κ1) is 18.5. The third-order valence-corrected chi connectivity index (χ3v) is 6.62. The molecule has 2 aromatic rings. The lowest BCUT2D eigenvalue weighted by Gasteiger charge is -2.20. The highest BCUT2D eigenvalue weighted by Gasteiger charge is 2.40. The highest BCUT2D eigenvalue weighted by Crippen LogP contribution is 2.33. The van der Waals surface area contributed by atoms with Gasteiger partial charge in [0.2, 0.25) is 0 Å². The van der Waals surface area contributed by atoms with Crippen LogP contribution < -0.4 is 0 Å². The summed E-state index contributed by atoms with van der Waals surface area (Å²) in [6.45, 7) is 5.77. The average molecular weight is 366 g/mol. The molecule has 134 valence electrons. The highest BCUT2D eigenvalue weighted by atomic mass is 32.2. The zero-order valence-corrected chi connectivity index (χ0v) is 16.0. The van der Waals surface area contributed by atoms with E-state index in [-0.39, 0.29) is 23.9 Å². The van der Waals surface area contributed by atoms with Gasteiger partial charge in [0.15, 0.2) is 11.6 Å². The minimum absolute atomic E-state index is 0.0247. The summed E-state index contributed by atoms with van der Waals surface area (Å²) in [7, 11) is -1.48. The summed E-state index contributed by atoms with van der Waals surface area (Å²) in [5.41, 5.74) is 3.62. The molecule has 0 saturated carbocycles. The lowest BCUT2D eigenvalue weighted by Crippen LogP contribution is -2.30. The second-order valence-electron chi connectivity index (χ2n) is 6.92. The maximum Gasteiger partial charge on any atom is 0.172 e. The van der Waals surface area contributed by atoms with Gasteiger partial charge in [-0.1, -0.05) is 53.1 Å². The van der Waals surface area contributed by atoms with Crippen molar-refractivity contribution in [1.82, 2.24) is 0 Å². The Hall–Kier alpha value is -2.33. The van der Waals surface area contributed by atoms with Gasteiger partial charge in [0.05, 0.1) is 10.8 Å². The minimum Gasteiger partial charge on any atom is -0.294 e. The van der Waals surface area contributed by atoms with E-state index in [1.165, 1.54) is 0 Å². The molecule has 0 amide bonds. The van der Waals surface area contributed by atoms with Crippen molar-refractivity contribution in [2.75, 3.05) is 0 Å². The van der Waals surface area contributed by atoms with Crippen LogP contribution in [0.3, 0.4) is 0 Å². The molecule has 0 aliphatic heterocycles. The molecular weight excluding hydrogens is 344 g/mol. The standard InChI is InChI=1S/C22H22O3S/c1-14-4-8-17(9-5-14)20(23)13-19-16(3)12-21(24)22(19)26(25)18-10-6-15(2)7-11-18/h4-12,19,22H,13H2,1-3H3. The van der Waals surface area contributed by atoms with E-state index < -0.39 is 16.0 Å². The Kier molecular flexibility index (Phi) is 5.33. The third-order valence-electron chi connectivity index (χ3n) is 4.86. The molecule has 0 radical (unpaired) electrons. The Balaban J connectivity index is 1.84. The molecular formula is C22H22O3S. The third kappa shape index (κ3) is 3.75. The summed E-state index contributed by atoms with van der Waals surface area (Å²) in [6, 6.07) is 14.8. The van der Waals surface area contributed by atoms with Crippen molar-refractivity contribution in [3.63, 3.8) is 0 Å². The van der Waals surface area contributed by atoms with Crippen molar-refractivity contribution in [1.29, 1.82) is 0 Å². The van der Waals surface area contributed by atoms with Crippen molar-refractivity contribution in [2.45, 2.75) is 37.3 Å². The number of carbonyl (C=O) groups excluding carboxylic acids is 2. The van der Waals surface area contributed by atoms with Gasteiger partial charge in [0.25, 0.3) is 0 Å². The second-order valence-corrected chi connectivity index (χ2v) is 8.50. The van der Waals surface area contributed by atoms with E-state index in [9.17, 15) is 13.8 Å². The van der Waals surface area contributed by atoms with Crippen LogP contribution in [0.4, 0.5) is 0 Å². The van der Waals surface area contributed by atoms with Crippen molar-refractivity contribution in [2.24, 2.45) is 5.92 Å². The normalized spacial score (nSPS) is 20.7. The van der Waals surface area contributed by atoms with Crippen LogP contribution in [0, 0.1) is 19.8 Å². The highest BCUT2D eigenvalue weighted by molar-refractivity contribution is 7.86. The first-order valence-corrected chi connectivity index (χ1v) is 9.87.